The number of unbranched alkanes of at least 4 members (excludes halogenated alkanes) is 1. The lowest BCUT2D eigenvalue weighted by atomic mass is 9.64. The first-order valence-corrected chi connectivity index (χ1v) is 18.5. The molecule has 0 aromatic heterocycles. The normalized spacial score (nSPS) is 29.0. The molecule has 0 saturated heterocycles. The first-order chi connectivity index (χ1) is 21.7. The highest BCUT2D eigenvalue weighted by atomic mass is 35.5. The van der Waals surface area contributed by atoms with Crippen LogP contribution >= 0.6 is 11.6 Å². The number of hydrogen-bond acceptors (Lipinski definition) is 5. The molecule has 2 N–H and O–H groups in total. The maximum atomic E-state index is 13.4. The number of halogens is 1. The standard InChI is InChI=1S/C36H50ClN3O4S/c1-5-6-9-25-17-30(37)13-15-32(25)29-21-40-20-28-11-14-31(28)26(19-35(41)38-4)10-7-8-23(2)24(3)45(43)39-36(42)27-12-16-34(44-22-29)33(40)18-27/h12-13,15-18,23-24,26,28-29,31H,5-11,14,19-22H2,1-4H3,(H,38,41)(H,39,42). The molecular weight excluding hydrogens is 606 g/mol. The number of carbonyl (C=O) groups excluding carboxylic acids is 2. The molecule has 2 amide bonds. The molecule has 2 aromatic carbocycles. The maximum Gasteiger partial charge on any atom is 0.263 e. The summed E-state index contributed by atoms with van der Waals surface area (Å²) < 4.78 is 22.5. The van der Waals surface area contributed by atoms with Gasteiger partial charge in [0.25, 0.3) is 5.91 Å². The fraction of sp³-hybridized carbons (Fsp3) is 0.611. The molecule has 2 bridgehead atoms. The molecule has 2 heterocycles. The molecule has 7 nitrogen and oxygen atoms in total. The van der Waals surface area contributed by atoms with E-state index in [9.17, 15) is 13.8 Å². The molecule has 0 radical (unpaired) electrons. The molecule has 5 rings (SSSR count). The third-order valence-electron chi connectivity index (χ3n) is 10.6. The zero-order chi connectivity index (χ0) is 32.1. The van der Waals surface area contributed by atoms with Crippen LogP contribution in [-0.4, -0.2) is 48.0 Å². The molecular formula is C36H50ClN3O4S. The van der Waals surface area contributed by atoms with Crippen molar-refractivity contribution in [3.8, 4) is 5.75 Å². The molecule has 9 heteroatoms. The van der Waals surface area contributed by atoms with Gasteiger partial charge in [0, 0.05) is 43.1 Å². The van der Waals surface area contributed by atoms with Crippen LogP contribution in [0.15, 0.2) is 36.4 Å². The zero-order valence-corrected chi connectivity index (χ0v) is 28.9. The number of fused-ring (bicyclic) bond motifs is 2. The molecule has 7 unspecified atom stereocenters. The molecule has 1 aliphatic carbocycles. The Kier molecular flexibility index (Phi) is 11.5. The van der Waals surface area contributed by atoms with Gasteiger partial charge >= 0.3 is 0 Å². The maximum absolute atomic E-state index is 13.4. The average Bonchev–Trinajstić information content (AvgIpc) is 3.19. The lowest BCUT2D eigenvalue weighted by Gasteiger charge is -2.45. The van der Waals surface area contributed by atoms with Crippen LogP contribution in [0, 0.1) is 23.7 Å². The van der Waals surface area contributed by atoms with E-state index in [-0.39, 0.29) is 28.9 Å². The van der Waals surface area contributed by atoms with Gasteiger partial charge < -0.3 is 15.0 Å². The van der Waals surface area contributed by atoms with E-state index < -0.39 is 11.0 Å². The van der Waals surface area contributed by atoms with E-state index in [0.29, 0.717) is 36.3 Å². The molecule has 0 spiro atoms. The first-order valence-electron chi connectivity index (χ1n) is 16.9. The minimum Gasteiger partial charge on any atom is -0.491 e. The van der Waals surface area contributed by atoms with Crippen LogP contribution in [0.3, 0.4) is 0 Å². The van der Waals surface area contributed by atoms with Crippen molar-refractivity contribution in [1.82, 2.24) is 10.0 Å². The summed E-state index contributed by atoms with van der Waals surface area (Å²) in [6, 6.07) is 11.8. The van der Waals surface area contributed by atoms with Gasteiger partial charge in [0.1, 0.15) is 16.7 Å². The highest BCUT2D eigenvalue weighted by Crippen LogP contribution is 2.46. The number of benzene rings is 2. The largest absolute Gasteiger partial charge is 0.491 e. The Hall–Kier alpha value is -2.58. The van der Waals surface area contributed by atoms with Crippen LogP contribution in [0.25, 0.3) is 0 Å². The minimum atomic E-state index is -1.51. The smallest absolute Gasteiger partial charge is 0.263 e. The SMILES string of the molecule is CCCCc1cc(Cl)ccc1C1COc2ccc3cc2N(C1)CC1CCC1C(CC(=O)NC)CCCC(C)C(C)S(=O)NC3=O. The van der Waals surface area contributed by atoms with Gasteiger partial charge in [-0.1, -0.05) is 44.4 Å². The van der Waals surface area contributed by atoms with Crippen molar-refractivity contribution in [1.29, 1.82) is 0 Å². The third-order valence-corrected chi connectivity index (χ3v) is 12.4. The second-order valence-corrected chi connectivity index (χ2v) is 15.5. The topological polar surface area (TPSA) is 87.7 Å². The summed E-state index contributed by atoms with van der Waals surface area (Å²) in [5.74, 6) is 2.07. The molecule has 3 aliphatic rings. The lowest BCUT2D eigenvalue weighted by Crippen LogP contribution is -2.43. The van der Waals surface area contributed by atoms with E-state index >= 15 is 0 Å². The monoisotopic (exact) mass is 655 g/mol. The summed E-state index contributed by atoms with van der Waals surface area (Å²) in [4.78, 5) is 28.5. The van der Waals surface area contributed by atoms with E-state index in [1.54, 1.807) is 13.1 Å². The summed E-state index contributed by atoms with van der Waals surface area (Å²) in [5, 5.41) is 3.43. The fourth-order valence-electron chi connectivity index (χ4n) is 7.48. The Morgan fingerprint density at radius 1 is 1.11 bits per heavy atom. The number of hydrogen-bond donors (Lipinski definition) is 2. The van der Waals surface area contributed by atoms with Crippen LogP contribution in [0.5, 0.6) is 5.75 Å². The molecule has 7 atom stereocenters. The molecule has 45 heavy (non-hydrogen) atoms. The number of rotatable bonds is 6. The predicted molar refractivity (Wildman–Crippen MR) is 183 cm³/mol. The lowest BCUT2D eigenvalue weighted by molar-refractivity contribution is -0.122. The number of aryl methyl sites for hydroxylation is 1. The van der Waals surface area contributed by atoms with Crippen molar-refractivity contribution >= 4 is 40.1 Å². The summed E-state index contributed by atoms with van der Waals surface area (Å²) in [6.45, 7) is 8.39. The number of nitrogens with zero attached hydrogens (tertiary/aromatic N) is 1. The second-order valence-electron chi connectivity index (χ2n) is 13.5. The average molecular weight is 656 g/mol. The quantitative estimate of drug-likeness (QED) is 0.348. The Balaban J connectivity index is 1.52. The van der Waals surface area contributed by atoms with E-state index in [1.165, 1.54) is 11.1 Å². The number of ether oxygens (including phenoxy) is 1. The highest BCUT2D eigenvalue weighted by molar-refractivity contribution is 7.84. The van der Waals surface area contributed by atoms with Gasteiger partial charge in [-0.05, 0) is 111 Å². The Labute approximate surface area is 276 Å². The highest BCUT2D eigenvalue weighted by Gasteiger charge is 2.40. The van der Waals surface area contributed by atoms with Crippen LogP contribution in [0.1, 0.15) is 99.5 Å². The van der Waals surface area contributed by atoms with Crippen LogP contribution in [0.2, 0.25) is 5.02 Å². The zero-order valence-electron chi connectivity index (χ0n) is 27.3. The Morgan fingerprint density at radius 2 is 1.93 bits per heavy atom. The van der Waals surface area contributed by atoms with Gasteiger partial charge in [-0.2, -0.15) is 0 Å². The van der Waals surface area contributed by atoms with Gasteiger partial charge in [0.05, 0.1) is 17.5 Å². The third kappa shape index (κ3) is 8.05. The van der Waals surface area contributed by atoms with E-state index in [2.05, 4.69) is 40.9 Å². The number of carbonyl (C=O) groups is 2. The van der Waals surface area contributed by atoms with Gasteiger partial charge in [0.15, 0.2) is 0 Å². The van der Waals surface area contributed by atoms with Gasteiger partial charge in [-0.3, -0.25) is 14.3 Å². The molecule has 246 valence electrons. The Bertz CT molecular complexity index is 1390. The Morgan fingerprint density at radius 3 is 2.67 bits per heavy atom. The van der Waals surface area contributed by atoms with E-state index in [1.807, 2.05) is 25.1 Å². The summed E-state index contributed by atoms with van der Waals surface area (Å²) in [6.07, 6.45) is 8.84. The van der Waals surface area contributed by atoms with Crippen molar-refractivity contribution < 1.29 is 18.5 Å². The van der Waals surface area contributed by atoms with Gasteiger partial charge in [-0.15, -0.1) is 0 Å². The molecule has 1 saturated carbocycles. The van der Waals surface area contributed by atoms with Crippen molar-refractivity contribution in [2.75, 3.05) is 31.6 Å². The predicted octanol–water partition coefficient (Wildman–Crippen LogP) is 7.05. The van der Waals surface area contributed by atoms with Gasteiger partial charge in [0.2, 0.25) is 5.91 Å². The second kappa shape index (κ2) is 15.3. The molecule has 2 aliphatic heterocycles. The van der Waals surface area contributed by atoms with Gasteiger partial charge in [-0.25, -0.2) is 4.21 Å². The summed E-state index contributed by atoms with van der Waals surface area (Å²) in [5.41, 5.74) is 3.93. The van der Waals surface area contributed by atoms with E-state index in [0.717, 1.165) is 80.9 Å². The summed E-state index contributed by atoms with van der Waals surface area (Å²) >= 11 is 6.47. The van der Waals surface area contributed by atoms with E-state index in [4.69, 9.17) is 16.3 Å². The van der Waals surface area contributed by atoms with Crippen LogP contribution in [-0.2, 0) is 22.2 Å². The van der Waals surface area contributed by atoms with Crippen molar-refractivity contribution in [2.45, 2.75) is 89.7 Å². The van der Waals surface area contributed by atoms with Crippen LogP contribution < -0.4 is 19.7 Å². The van der Waals surface area contributed by atoms with Crippen molar-refractivity contribution in [3.05, 3.63) is 58.1 Å². The molecule has 1 fully saturated rings. The number of amides is 2. The minimum absolute atomic E-state index is 0.103. The van der Waals surface area contributed by atoms with Crippen molar-refractivity contribution in [2.24, 2.45) is 23.7 Å². The van der Waals surface area contributed by atoms with Crippen molar-refractivity contribution in [3.63, 3.8) is 0 Å². The fourth-order valence-corrected chi connectivity index (χ4v) is 8.72. The van der Waals surface area contributed by atoms with Crippen LogP contribution in [0.4, 0.5) is 5.69 Å². The number of nitrogens with one attached hydrogen (secondary N) is 2. The summed E-state index contributed by atoms with van der Waals surface area (Å²) in [7, 11) is 0.212. The molecule has 2 aromatic rings. The number of anilines is 1. The first kappa shape index (κ1) is 33.8.